The van der Waals surface area contributed by atoms with Gasteiger partial charge in [0.15, 0.2) is 5.82 Å². The van der Waals surface area contributed by atoms with Crippen LogP contribution in [0, 0.1) is 6.92 Å². The molecule has 4 rings (SSSR count). The minimum absolute atomic E-state index is 0.503. The summed E-state index contributed by atoms with van der Waals surface area (Å²) in [6, 6.07) is 11.6. The van der Waals surface area contributed by atoms with Crippen LogP contribution in [0.15, 0.2) is 48.8 Å². The van der Waals surface area contributed by atoms with Crippen molar-refractivity contribution in [3.05, 3.63) is 70.6 Å². The van der Waals surface area contributed by atoms with E-state index in [-0.39, 0.29) is 0 Å². The molecule has 26 heavy (non-hydrogen) atoms. The minimum atomic E-state index is 0.503. The van der Waals surface area contributed by atoms with Gasteiger partial charge in [-0.1, -0.05) is 41.1 Å². The first-order valence-corrected chi connectivity index (χ1v) is 8.53. The van der Waals surface area contributed by atoms with Gasteiger partial charge in [-0.2, -0.15) is 5.10 Å². The summed E-state index contributed by atoms with van der Waals surface area (Å²) in [7, 11) is 0. The van der Waals surface area contributed by atoms with Crippen LogP contribution in [0.3, 0.4) is 0 Å². The highest BCUT2D eigenvalue weighted by atomic mass is 35.5. The fourth-order valence-corrected chi connectivity index (χ4v) is 2.91. The van der Waals surface area contributed by atoms with Crippen LogP contribution in [0.5, 0.6) is 0 Å². The lowest BCUT2D eigenvalue weighted by Crippen LogP contribution is -2.08. The number of hydrogen-bond acceptors (Lipinski definition) is 6. The van der Waals surface area contributed by atoms with E-state index in [0.717, 1.165) is 27.9 Å². The molecule has 0 bridgehead atoms. The molecule has 0 unspecified atom stereocenters. The Balaban J connectivity index is 1.70. The second-order valence-corrected chi connectivity index (χ2v) is 6.29. The van der Waals surface area contributed by atoms with Gasteiger partial charge in [0, 0.05) is 24.0 Å². The Hall–Kier alpha value is -3.06. The van der Waals surface area contributed by atoms with Gasteiger partial charge in [-0.25, -0.2) is 4.68 Å². The Morgan fingerprint density at radius 2 is 1.96 bits per heavy atom. The van der Waals surface area contributed by atoms with Gasteiger partial charge >= 0.3 is 0 Å². The predicted molar refractivity (Wildman–Crippen MR) is 100.0 cm³/mol. The Morgan fingerprint density at radius 1 is 1.08 bits per heavy atom. The number of rotatable bonds is 5. The summed E-state index contributed by atoms with van der Waals surface area (Å²) in [5, 5.41) is 21.1. The Labute approximate surface area is 155 Å². The number of aryl methyl sites for hydroxylation is 1. The van der Waals surface area contributed by atoms with Gasteiger partial charge < -0.3 is 5.32 Å². The molecule has 0 saturated carbocycles. The van der Waals surface area contributed by atoms with Crippen LogP contribution >= 0.6 is 11.6 Å². The van der Waals surface area contributed by atoms with Gasteiger partial charge in [0.1, 0.15) is 11.0 Å². The second kappa shape index (κ2) is 7.05. The lowest BCUT2D eigenvalue weighted by Gasteiger charge is -2.09. The molecule has 0 radical (unpaired) electrons. The quantitative estimate of drug-likeness (QED) is 0.584. The van der Waals surface area contributed by atoms with Crippen molar-refractivity contribution >= 4 is 28.5 Å². The molecule has 3 heterocycles. The zero-order chi connectivity index (χ0) is 17.9. The molecule has 0 aliphatic carbocycles. The van der Waals surface area contributed by atoms with Crippen molar-refractivity contribution in [2.45, 2.75) is 20.0 Å². The number of anilines is 1. The average molecular weight is 366 g/mol. The highest BCUT2D eigenvalue weighted by Crippen LogP contribution is 2.23. The van der Waals surface area contributed by atoms with Crippen LogP contribution in [-0.2, 0) is 13.1 Å². The fourth-order valence-electron chi connectivity index (χ4n) is 2.72. The number of nitrogens with one attached hydrogen (secondary N) is 1. The number of pyridine rings is 1. The number of hydrogen-bond donors (Lipinski definition) is 1. The zero-order valence-corrected chi connectivity index (χ0v) is 14.9. The standard InChI is InChI=1S/C18H16ClN7/c1-12-16-17(18(24-22-12)21-10-13-5-4-8-20-9-13)26(25-23-16)11-14-6-2-3-7-15(14)19/h2-9H,10-11H2,1H3,(H,21,24). The molecule has 1 aromatic carbocycles. The molecule has 3 aromatic heterocycles. The summed E-state index contributed by atoms with van der Waals surface area (Å²) in [5.41, 5.74) is 4.28. The van der Waals surface area contributed by atoms with Crippen molar-refractivity contribution in [2.24, 2.45) is 0 Å². The molecule has 1 N–H and O–H groups in total. The summed E-state index contributed by atoms with van der Waals surface area (Å²) < 4.78 is 1.80. The van der Waals surface area contributed by atoms with Gasteiger partial charge in [0.05, 0.1) is 12.2 Å². The molecule has 0 saturated heterocycles. The van der Waals surface area contributed by atoms with Crippen molar-refractivity contribution in [1.29, 1.82) is 0 Å². The third kappa shape index (κ3) is 3.21. The SMILES string of the molecule is Cc1nnc(NCc2cccnc2)c2c1nnn2Cc1ccccc1Cl. The molecular formula is C18H16ClN7. The van der Waals surface area contributed by atoms with Gasteiger partial charge in [-0.3, -0.25) is 4.98 Å². The highest BCUT2D eigenvalue weighted by molar-refractivity contribution is 6.31. The van der Waals surface area contributed by atoms with Crippen molar-refractivity contribution < 1.29 is 0 Å². The lowest BCUT2D eigenvalue weighted by atomic mass is 10.2. The monoisotopic (exact) mass is 365 g/mol. The van der Waals surface area contributed by atoms with E-state index < -0.39 is 0 Å². The first kappa shape index (κ1) is 16.4. The van der Waals surface area contributed by atoms with Crippen molar-refractivity contribution in [1.82, 2.24) is 30.2 Å². The Bertz CT molecular complexity index is 1050. The lowest BCUT2D eigenvalue weighted by molar-refractivity contribution is 0.669. The number of halogens is 1. The third-order valence-electron chi connectivity index (χ3n) is 4.06. The molecule has 0 amide bonds. The maximum absolute atomic E-state index is 6.29. The maximum atomic E-state index is 6.29. The van der Waals surface area contributed by atoms with Crippen molar-refractivity contribution in [3.63, 3.8) is 0 Å². The van der Waals surface area contributed by atoms with E-state index in [1.807, 2.05) is 49.5 Å². The molecule has 130 valence electrons. The highest BCUT2D eigenvalue weighted by Gasteiger charge is 2.15. The molecule has 0 fully saturated rings. The summed E-state index contributed by atoms with van der Waals surface area (Å²) in [6.45, 7) is 2.95. The first-order chi connectivity index (χ1) is 12.7. The topological polar surface area (TPSA) is 81.4 Å². The van der Waals surface area contributed by atoms with E-state index in [0.29, 0.717) is 23.9 Å². The van der Waals surface area contributed by atoms with Gasteiger partial charge in [0.25, 0.3) is 0 Å². The molecule has 0 aliphatic heterocycles. The number of nitrogens with zero attached hydrogens (tertiary/aromatic N) is 6. The Kier molecular flexibility index (Phi) is 4.45. The van der Waals surface area contributed by atoms with Gasteiger partial charge in [-0.05, 0) is 30.2 Å². The largest absolute Gasteiger partial charge is 0.363 e. The molecule has 7 nitrogen and oxygen atoms in total. The third-order valence-corrected chi connectivity index (χ3v) is 4.43. The van der Waals surface area contributed by atoms with E-state index >= 15 is 0 Å². The van der Waals surface area contributed by atoms with Crippen LogP contribution in [0.2, 0.25) is 5.02 Å². The summed E-state index contributed by atoms with van der Waals surface area (Å²) >= 11 is 6.29. The summed E-state index contributed by atoms with van der Waals surface area (Å²) in [6.07, 6.45) is 3.56. The van der Waals surface area contributed by atoms with Crippen molar-refractivity contribution in [3.8, 4) is 0 Å². The van der Waals surface area contributed by atoms with E-state index in [9.17, 15) is 0 Å². The van der Waals surface area contributed by atoms with E-state index in [1.165, 1.54) is 0 Å². The van der Waals surface area contributed by atoms with Crippen LogP contribution < -0.4 is 5.32 Å². The average Bonchev–Trinajstić information content (AvgIpc) is 3.09. The number of aromatic nitrogens is 6. The predicted octanol–water partition coefficient (Wildman–Crippen LogP) is 3.24. The Morgan fingerprint density at radius 3 is 2.77 bits per heavy atom. The van der Waals surface area contributed by atoms with E-state index in [1.54, 1.807) is 10.9 Å². The fraction of sp³-hybridized carbons (Fsp3) is 0.167. The second-order valence-electron chi connectivity index (χ2n) is 5.88. The first-order valence-electron chi connectivity index (χ1n) is 8.15. The summed E-state index contributed by atoms with van der Waals surface area (Å²) in [4.78, 5) is 4.13. The normalized spacial score (nSPS) is 11.0. The molecular weight excluding hydrogens is 350 g/mol. The number of fused-ring (bicyclic) bond motifs is 1. The smallest absolute Gasteiger partial charge is 0.176 e. The van der Waals surface area contributed by atoms with Crippen molar-refractivity contribution in [2.75, 3.05) is 5.32 Å². The zero-order valence-electron chi connectivity index (χ0n) is 14.1. The maximum Gasteiger partial charge on any atom is 0.176 e. The van der Waals surface area contributed by atoms with Crippen LogP contribution in [0.25, 0.3) is 11.0 Å². The van der Waals surface area contributed by atoms with Gasteiger partial charge in [-0.15, -0.1) is 10.2 Å². The van der Waals surface area contributed by atoms with Gasteiger partial charge in [0.2, 0.25) is 0 Å². The molecule has 0 spiro atoms. The number of benzene rings is 1. The van der Waals surface area contributed by atoms with Crippen LogP contribution in [-0.4, -0.2) is 30.2 Å². The van der Waals surface area contributed by atoms with E-state index in [4.69, 9.17) is 11.6 Å². The summed E-state index contributed by atoms with van der Waals surface area (Å²) in [5.74, 6) is 0.631. The van der Waals surface area contributed by atoms with E-state index in [2.05, 4.69) is 30.8 Å². The molecule has 4 aromatic rings. The minimum Gasteiger partial charge on any atom is -0.363 e. The molecule has 0 aliphatic rings. The molecule has 0 atom stereocenters. The van der Waals surface area contributed by atoms with Crippen LogP contribution in [0.1, 0.15) is 16.8 Å². The van der Waals surface area contributed by atoms with Crippen LogP contribution in [0.4, 0.5) is 5.82 Å². The molecule has 8 heteroatoms.